The molecule has 0 aliphatic heterocycles. The van der Waals surface area contributed by atoms with Crippen LogP contribution >= 0.6 is 0 Å². The van der Waals surface area contributed by atoms with E-state index < -0.39 is 32.0 Å². The van der Waals surface area contributed by atoms with Crippen molar-refractivity contribution in [2.75, 3.05) is 7.11 Å². The van der Waals surface area contributed by atoms with E-state index in [4.69, 9.17) is 9.16 Å². The highest BCUT2D eigenvalue weighted by Crippen LogP contribution is 2.37. The van der Waals surface area contributed by atoms with Crippen molar-refractivity contribution in [1.82, 2.24) is 5.32 Å². The summed E-state index contributed by atoms with van der Waals surface area (Å²) in [4.78, 5) is 23.5. The molecule has 25 heavy (non-hydrogen) atoms. The van der Waals surface area contributed by atoms with E-state index in [2.05, 4.69) is 43.9 Å². The fourth-order valence-corrected chi connectivity index (χ4v) is 3.16. The van der Waals surface area contributed by atoms with Crippen molar-refractivity contribution in [2.24, 2.45) is 0 Å². The number of nitrogens with one attached hydrogen (secondary N) is 1. The van der Waals surface area contributed by atoms with Gasteiger partial charge in [-0.2, -0.15) is 0 Å². The average molecular weight is 374 g/mol. The monoisotopic (exact) mass is 373 g/mol. The SMILES string of the molecule is COC(=O)/C=C/[C@H](NC(=O)OC(C)(C)C)C(C)O[Si](C)(C)C(C)(C)C. The van der Waals surface area contributed by atoms with Gasteiger partial charge in [0.05, 0.1) is 19.3 Å². The Kier molecular flexibility index (Phi) is 8.37. The molecule has 2 atom stereocenters. The number of carbonyl (C=O) groups is 2. The molecule has 0 radical (unpaired) electrons. The first-order valence-electron chi connectivity index (χ1n) is 8.52. The van der Waals surface area contributed by atoms with Crippen molar-refractivity contribution in [1.29, 1.82) is 0 Å². The van der Waals surface area contributed by atoms with E-state index in [0.717, 1.165) is 0 Å². The van der Waals surface area contributed by atoms with Gasteiger partial charge in [0.2, 0.25) is 0 Å². The molecule has 0 saturated carbocycles. The topological polar surface area (TPSA) is 73.9 Å². The fraction of sp³-hybridized carbons (Fsp3) is 0.778. The van der Waals surface area contributed by atoms with Gasteiger partial charge < -0.3 is 19.2 Å². The molecule has 0 aromatic rings. The van der Waals surface area contributed by atoms with Crippen molar-refractivity contribution in [3.05, 3.63) is 12.2 Å². The zero-order valence-electron chi connectivity index (χ0n) is 17.4. The number of esters is 1. The van der Waals surface area contributed by atoms with Gasteiger partial charge >= 0.3 is 12.1 Å². The summed E-state index contributed by atoms with van der Waals surface area (Å²) in [5.74, 6) is -0.490. The van der Waals surface area contributed by atoms with Gasteiger partial charge in [0, 0.05) is 6.08 Å². The standard InChI is InChI=1S/C18H35NO5Si/c1-13(24-25(9,10)18(5,6)7)14(11-12-15(20)22-8)19-16(21)23-17(2,3)4/h11-14H,1-10H3,(H,19,21)/b12-11+/t13?,14-/m0/s1. The van der Waals surface area contributed by atoms with Gasteiger partial charge in [0.15, 0.2) is 8.32 Å². The lowest BCUT2D eigenvalue weighted by atomic mass is 10.1. The molecule has 1 N–H and O–H groups in total. The van der Waals surface area contributed by atoms with E-state index in [1.165, 1.54) is 13.2 Å². The molecule has 0 fully saturated rings. The quantitative estimate of drug-likeness (QED) is 0.432. The van der Waals surface area contributed by atoms with Crippen LogP contribution in [0.3, 0.4) is 0 Å². The van der Waals surface area contributed by atoms with Crippen molar-refractivity contribution < 1.29 is 23.5 Å². The van der Waals surface area contributed by atoms with E-state index in [1.807, 2.05) is 6.92 Å². The highest BCUT2D eigenvalue weighted by Gasteiger charge is 2.39. The predicted molar refractivity (Wildman–Crippen MR) is 102 cm³/mol. The van der Waals surface area contributed by atoms with E-state index in [1.54, 1.807) is 26.8 Å². The third-order valence-electron chi connectivity index (χ3n) is 4.12. The molecule has 7 heteroatoms. The van der Waals surface area contributed by atoms with Crippen LogP contribution in [-0.2, 0) is 18.7 Å². The highest BCUT2D eigenvalue weighted by molar-refractivity contribution is 6.74. The number of hydrogen-bond acceptors (Lipinski definition) is 5. The lowest BCUT2D eigenvalue weighted by Gasteiger charge is -2.40. The number of amides is 1. The van der Waals surface area contributed by atoms with Gasteiger partial charge in [-0.05, 0) is 45.8 Å². The maximum atomic E-state index is 12.1. The number of hydrogen-bond donors (Lipinski definition) is 1. The van der Waals surface area contributed by atoms with Crippen molar-refractivity contribution in [3.63, 3.8) is 0 Å². The molecule has 0 bridgehead atoms. The van der Waals surface area contributed by atoms with Crippen LogP contribution in [0.5, 0.6) is 0 Å². The van der Waals surface area contributed by atoms with Crippen LogP contribution in [0.2, 0.25) is 18.1 Å². The largest absolute Gasteiger partial charge is 0.466 e. The predicted octanol–water partition coefficient (Wildman–Crippen LogP) is 4.02. The summed E-state index contributed by atoms with van der Waals surface area (Å²) in [5.41, 5.74) is -0.607. The van der Waals surface area contributed by atoms with E-state index in [0.29, 0.717) is 0 Å². The molecule has 1 amide bonds. The number of ether oxygens (including phenoxy) is 2. The zero-order valence-corrected chi connectivity index (χ0v) is 18.4. The third-order valence-corrected chi connectivity index (χ3v) is 8.69. The first-order valence-corrected chi connectivity index (χ1v) is 11.4. The summed E-state index contributed by atoms with van der Waals surface area (Å²) in [7, 11) is -0.731. The van der Waals surface area contributed by atoms with E-state index in [9.17, 15) is 9.59 Å². The molecule has 0 aliphatic carbocycles. The minimum atomic E-state index is -2.04. The maximum Gasteiger partial charge on any atom is 0.408 e. The molecular weight excluding hydrogens is 338 g/mol. The minimum absolute atomic E-state index is 0.0315. The van der Waals surface area contributed by atoms with E-state index >= 15 is 0 Å². The first kappa shape index (κ1) is 23.7. The van der Waals surface area contributed by atoms with Crippen molar-refractivity contribution in [3.8, 4) is 0 Å². The summed E-state index contributed by atoms with van der Waals surface area (Å²) < 4.78 is 16.3. The Labute approximate surface area is 153 Å². The molecule has 0 aromatic heterocycles. The second-order valence-electron chi connectivity index (χ2n) is 8.64. The Hall–Kier alpha value is -1.34. The van der Waals surface area contributed by atoms with Gasteiger partial charge in [-0.1, -0.05) is 26.8 Å². The van der Waals surface area contributed by atoms with Gasteiger partial charge in [-0.15, -0.1) is 0 Å². The molecule has 0 saturated heterocycles. The molecule has 0 heterocycles. The molecule has 6 nitrogen and oxygen atoms in total. The smallest absolute Gasteiger partial charge is 0.408 e. The molecule has 0 aliphatic rings. The Morgan fingerprint density at radius 3 is 2.00 bits per heavy atom. The normalized spacial score (nSPS) is 15.6. The van der Waals surface area contributed by atoms with Crippen LogP contribution in [0.25, 0.3) is 0 Å². The summed E-state index contributed by atoms with van der Waals surface area (Å²) in [6, 6.07) is -0.511. The number of carbonyl (C=O) groups excluding carboxylic acids is 2. The number of methoxy groups -OCH3 is 1. The molecule has 146 valence electrons. The van der Waals surface area contributed by atoms with Gasteiger partial charge in [0.1, 0.15) is 5.60 Å². The van der Waals surface area contributed by atoms with Gasteiger partial charge in [-0.25, -0.2) is 9.59 Å². The van der Waals surface area contributed by atoms with E-state index in [-0.39, 0.29) is 11.1 Å². The summed E-state index contributed by atoms with van der Waals surface area (Å²) in [6.07, 6.45) is 1.98. The zero-order chi connectivity index (χ0) is 20.1. The second-order valence-corrected chi connectivity index (χ2v) is 13.4. The van der Waals surface area contributed by atoms with Crippen LogP contribution in [0.15, 0.2) is 12.2 Å². The van der Waals surface area contributed by atoms with Gasteiger partial charge in [-0.3, -0.25) is 0 Å². The van der Waals surface area contributed by atoms with Crippen molar-refractivity contribution >= 4 is 20.4 Å². The van der Waals surface area contributed by atoms with Crippen LogP contribution in [0.4, 0.5) is 4.79 Å². The summed E-state index contributed by atoms with van der Waals surface area (Å²) >= 11 is 0. The van der Waals surface area contributed by atoms with Gasteiger partial charge in [0.25, 0.3) is 0 Å². The van der Waals surface area contributed by atoms with Crippen LogP contribution < -0.4 is 5.32 Å². The lowest BCUT2D eigenvalue weighted by molar-refractivity contribution is -0.134. The molecule has 0 aromatic carbocycles. The average Bonchev–Trinajstić information content (AvgIpc) is 2.38. The van der Waals surface area contributed by atoms with Crippen LogP contribution in [0, 0.1) is 0 Å². The second kappa shape index (κ2) is 8.85. The highest BCUT2D eigenvalue weighted by atomic mass is 28.4. The van der Waals surface area contributed by atoms with Crippen LogP contribution in [-0.4, -0.2) is 45.2 Å². The molecule has 0 spiro atoms. The Balaban J connectivity index is 5.27. The van der Waals surface area contributed by atoms with Crippen molar-refractivity contribution in [2.45, 2.75) is 84.3 Å². The molecule has 0 rings (SSSR count). The first-order chi connectivity index (χ1) is 11.1. The summed E-state index contributed by atoms with van der Waals surface area (Å²) in [6.45, 7) is 18.0. The molecule has 1 unspecified atom stereocenters. The number of alkyl carbamates (subject to hydrolysis) is 1. The summed E-state index contributed by atoms with van der Waals surface area (Å²) in [5, 5.41) is 2.80. The Bertz CT molecular complexity index is 489. The maximum absolute atomic E-state index is 12.1. The molecular formula is C18H35NO5Si. The number of rotatable bonds is 6. The van der Waals surface area contributed by atoms with Crippen LogP contribution in [0.1, 0.15) is 48.5 Å². The minimum Gasteiger partial charge on any atom is -0.466 e. The lowest BCUT2D eigenvalue weighted by Crippen LogP contribution is -2.50. The third kappa shape index (κ3) is 9.07. The Morgan fingerprint density at radius 1 is 1.08 bits per heavy atom. The fourth-order valence-electron chi connectivity index (χ4n) is 1.73. The Morgan fingerprint density at radius 2 is 1.60 bits per heavy atom.